The van der Waals surface area contributed by atoms with Crippen LogP contribution in [0.15, 0.2) is 66.2 Å². The van der Waals surface area contributed by atoms with Crippen LogP contribution in [-0.2, 0) is 0 Å². The number of anilines is 1. The highest BCUT2D eigenvalue weighted by molar-refractivity contribution is 8.00. The number of hydrogen-bond acceptors (Lipinski definition) is 5. The number of benzene rings is 2. The van der Waals surface area contributed by atoms with Crippen LogP contribution in [0.3, 0.4) is 0 Å². The maximum absolute atomic E-state index is 9.58. The Balaban J connectivity index is 0.00000122. The third-order valence-electron chi connectivity index (χ3n) is 4.35. The lowest BCUT2D eigenvalue weighted by molar-refractivity contribution is 0.157. The monoisotopic (exact) mass is 418 g/mol. The highest BCUT2D eigenvalue weighted by Gasteiger charge is 2.08. The van der Waals surface area contributed by atoms with E-state index in [4.69, 9.17) is 0 Å². The number of thioether (sulfide) groups is 1. The van der Waals surface area contributed by atoms with Gasteiger partial charge in [-0.25, -0.2) is 0 Å². The topological polar surface area (TPSA) is 49.5 Å². The smallest absolute Gasteiger partial charge is 0.0544 e. The fourth-order valence-corrected chi connectivity index (χ4v) is 3.97. The van der Waals surface area contributed by atoms with Gasteiger partial charge in [-0.2, -0.15) is 0 Å². The van der Waals surface area contributed by atoms with Gasteiger partial charge in [-0.15, -0.1) is 11.8 Å². The summed E-state index contributed by atoms with van der Waals surface area (Å²) >= 11 is 3.62. The molecule has 0 aromatic heterocycles. The van der Waals surface area contributed by atoms with Crippen molar-refractivity contribution in [2.24, 2.45) is 5.73 Å². The molecule has 0 bridgehead atoms. The van der Waals surface area contributed by atoms with Crippen molar-refractivity contribution in [2.45, 2.75) is 43.6 Å². The Kier molecular flexibility index (Phi) is 12.6. The van der Waals surface area contributed by atoms with Crippen molar-refractivity contribution in [3.8, 4) is 11.1 Å². The molecule has 2 aromatic rings. The van der Waals surface area contributed by atoms with Gasteiger partial charge in [-0.1, -0.05) is 62.2 Å². The lowest BCUT2D eigenvalue weighted by Gasteiger charge is -2.19. The molecule has 0 aliphatic heterocycles. The first kappa shape index (κ1) is 24.5. The maximum Gasteiger partial charge on any atom is 0.0544 e. The molecular formula is C23H34N2OS2. The molecule has 0 aliphatic rings. The number of rotatable bonds is 10. The van der Waals surface area contributed by atoms with Crippen molar-refractivity contribution in [1.29, 1.82) is 0 Å². The zero-order valence-corrected chi connectivity index (χ0v) is 18.9. The van der Waals surface area contributed by atoms with Crippen molar-refractivity contribution >= 4 is 29.4 Å². The maximum atomic E-state index is 9.58. The summed E-state index contributed by atoms with van der Waals surface area (Å²) in [5, 5.41) is 9.58. The van der Waals surface area contributed by atoms with Gasteiger partial charge in [0.15, 0.2) is 0 Å². The predicted molar refractivity (Wildman–Crippen MR) is 129 cm³/mol. The molecule has 28 heavy (non-hydrogen) atoms. The van der Waals surface area contributed by atoms with E-state index in [9.17, 15) is 5.11 Å². The summed E-state index contributed by atoms with van der Waals surface area (Å²) < 4.78 is 2.20. The molecule has 0 heterocycles. The van der Waals surface area contributed by atoms with Gasteiger partial charge in [0.05, 0.1) is 11.8 Å². The van der Waals surface area contributed by atoms with E-state index in [0.29, 0.717) is 0 Å². The van der Waals surface area contributed by atoms with E-state index in [0.717, 1.165) is 31.4 Å². The summed E-state index contributed by atoms with van der Waals surface area (Å²) in [6, 6.07) is 17.4. The van der Waals surface area contributed by atoms with Crippen LogP contribution >= 0.6 is 23.7 Å². The van der Waals surface area contributed by atoms with E-state index in [-0.39, 0.29) is 6.10 Å². The molecule has 154 valence electrons. The molecule has 3 N–H and O–H groups in total. The van der Waals surface area contributed by atoms with Gasteiger partial charge in [-0.3, -0.25) is 0 Å². The van der Waals surface area contributed by atoms with Crippen molar-refractivity contribution < 1.29 is 5.11 Å². The second-order valence-electron chi connectivity index (χ2n) is 6.36. The van der Waals surface area contributed by atoms with Crippen LogP contribution in [0.2, 0.25) is 0 Å². The molecule has 0 saturated heterocycles. The Labute approximate surface area is 179 Å². The minimum Gasteiger partial charge on any atom is -0.405 e. The number of unbranched alkanes of at least 4 members (excludes halogenated alkanes) is 1. The van der Waals surface area contributed by atoms with E-state index in [2.05, 4.69) is 78.5 Å². The largest absolute Gasteiger partial charge is 0.405 e. The van der Waals surface area contributed by atoms with Crippen molar-refractivity contribution in [3.05, 3.63) is 61.3 Å². The first-order chi connectivity index (χ1) is 13.6. The van der Waals surface area contributed by atoms with Crippen LogP contribution in [0.1, 0.15) is 32.6 Å². The second kappa shape index (κ2) is 14.4. The molecule has 5 heteroatoms. The van der Waals surface area contributed by atoms with Crippen LogP contribution in [0.5, 0.6) is 0 Å². The Morgan fingerprint density at radius 1 is 1.14 bits per heavy atom. The van der Waals surface area contributed by atoms with Gasteiger partial charge in [-0.05, 0) is 55.0 Å². The fraction of sp³-hybridized carbons (Fsp3) is 0.391. The zero-order valence-electron chi connectivity index (χ0n) is 17.3. The summed E-state index contributed by atoms with van der Waals surface area (Å²) in [6.45, 7) is 5.18. The molecule has 2 rings (SSSR count). The van der Waals surface area contributed by atoms with Crippen molar-refractivity contribution in [1.82, 2.24) is 0 Å². The third kappa shape index (κ3) is 8.63. The van der Waals surface area contributed by atoms with Gasteiger partial charge < -0.3 is 15.1 Å². The van der Waals surface area contributed by atoms with Gasteiger partial charge in [0, 0.05) is 23.8 Å². The van der Waals surface area contributed by atoms with E-state index < -0.39 is 0 Å². The van der Waals surface area contributed by atoms with E-state index in [1.165, 1.54) is 27.9 Å². The van der Waals surface area contributed by atoms with Gasteiger partial charge in [0.2, 0.25) is 0 Å². The number of para-hydroxylation sites is 1. The lowest BCUT2D eigenvalue weighted by Crippen LogP contribution is -2.06. The normalized spacial score (nSPS) is 11.3. The average molecular weight is 419 g/mol. The fourth-order valence-electron chi connectivity index (χ4n) is 2.70. The third-order valence-corrected chi connectivity index (χ3v) is 6.20. The summed E-state index contributed by atoms with van der Waals surface area (Å²) in [7, 11) is 2.10. The molecule has 0 aliphatic carbocycles. The first-order valence-electron chi connectivity index (χ1n) is 9.68. The molecular weight excluding hydrogens is 384 g/mol. The van der Waals surface area contributed by atoms with Crippen molar-refractivity contribution in [3.63, 3.8) is 0 Å². The molecule has 2 aromatic carbocycles. The second-order valence-corrected chi connectivity index (χ2v) is 8.44. The minimum absolute atomic E-state index is 0.122. The van der Waals surface area contributed by atoms with Gasteiger partial charge >= 0.3 is 0 Å². The van der Waals surface area contributed by atoms with Gasteiger partial charge in [0.1, 0.15) is 0 Å². The van der Waals surface area contributed by atoms with E-state index >= 15 is 0 Å². The highest BCUT2D eigenvalue weighted by Crippen LogP contribution is 2.33. The quantitative estimate of drug-likeness (QED) is 0.274. The number of nitrogens with zero attached hydrogens (tertiary/aromatic N) is 1. The first-order valence-corrected chi connectivity index (χ1v) is 11.8. The molecule has 0 saturated carbocycles. The SMILES string of the molecule is C=CN.CCC(O)CCCCSc1ccc(-c2ccccc2N(C)SC)cc1. The highest BCUT2D eigenvalue weighted by atomic mass is 32.2. The van der Waals surface area contributed by atoms with Crippen LogP contribution in [0.25, 0.3) is 11.1 Å². The molecule has 3 nitrogen and oxygen atoms in total. The molecule has 0 radical (unpaired) electrons. The summed E-state index contributed by atoms with van der Waals surface area (Å²) in [6.07, 6.45) is 7.27. The average Bonchev–Trinajstić information content (AvgIpc) is 2.73. The number of hydrogen-bond donors (Lipinski definition) is 2. The zero-order chi connectivity index (χ0) is 20.8. The molecule has 0 amide bonds. The summed E-state index contributed by atoms with van der Waals surface area (Å²) in [5.41, 5.74) is 8.38. The Bertz CT molecular complexity index is 677. The van der Waals surface area contributed by atoms with E-state index in [1.54, 1.807) is 11.9 Å². The minimum atomic E-state index is -0.122. The van der Waals surface area contributed by atoms with E-state index in [1.807, 2.05) is 18.7 Å². The predicted octanol–water partition coefficient (Wildman–Crippen LogP) is 6.19. The number of aliphatic hydroxyl groups excluding tert-OH is 1. The van der Waals surface area contributed by atoms with Crippen LogP contribution in [0.4, 0.5) is 5.69 Å². The Morgan fingerprint density at radius 3 is 2.39 bits per heavy atom. The van der Waals surface area contributed by atoms with Gasteiger partial charge in [0.25, 0.3) is 0 Å². The Hall–Kier alpha value is -1.56. The standard InChI is InChI=1S/C21H29NOS2.C2H5N/c1-4-18(23)9-7-8-16-25-19-14-12-17(13-15-19)20-10-5-6-11-21(20)22(2)24-3;1-2-3/h5-6,10-15,18,23H,4,7-9,16H2,1-3H3;2H,1,3H2. The van der Waals surface area contributed by atoms with Crippen LogP contribution in [0, 0.1) is 0 Å². The summed E-state index contributed by atoms with van der Waals surface area (Å²) in [4.78, 5) is 1.32. The van der Waals surface area contributed by atoms with Crippen LogP contribution < -0.4 is 10.0 Å². The molecule has 1 atom stereocenters. The number of aliphatic hydroxyl groups is 1. The number of nitrogens with two attached hydrogens (primary N) is 1. The molecule has 0 spiro atoms. The van der Waals surface area contributed by atoms with Crippen molar-refractivity contribution in [2.75, 3.05) is 23.4 Å². The summed E-state index contributed by atoms with van der Waals surface area (Å²) in [5.74, 6) is 1.11. The molecule has 1 unspecified atom stereocenters. The Morgan fingerprint density at radius 2 is 1.79 bits per heavy atom. The lowest BCUT2D eigenvalue weighted by atomic mass is 10.0. The molecule has 0 fully saturated rings. The van der Waals surface area contributed by atoms with Crippen LogP contribution in [-0.4, -0.2) is 30.3 Å².